The van der Waals surface area contributed by atoms with Gasteiger partial charge in [0.2, 0.25) is 0 Å². The number of hydrogen-bond acceptors (Lipinski definition) is 3. The molecule has 0 bridgehead atoms. The third-order valence-corrected chi connectivity index (χ3v) is 4.88. The average molecular weight is 363 g/mol. The molecule has 3 aromatic carbocycles. The highest BCUT2D eigenvalue weighted by atomic mass is 16.1. The second-order valence-corrected chi connectivity index (χ2v) is 6.70. The Morgan fingerprint density at radius 1 is 0.679 bits per heavy atom. The third kappa shape index (κ3) is 2.85. The molecular weight excluding hydrogens is 346 g/mol. The van der Waals surface area contributed by atoms with E-state index in [-0.39, 0.29) is 5.56 Å². The summed E-state index contributed by atoms with van der Waals surface area (Å²) in [6, 6.07) is 29.3. The lowest BCUT2D eigenvalue weighted by molar-refractivity contribution is 0.770. The number of rotatable bonds is 3. The topological polar surface area (TPSA) is 47.8 Å². The molecule has 0 aliphatic carbocycles. The van der Waals surface area contributed by atoms with Crippen LogP contribution in [0.5, 0.6) is 0 Å². The van der Waals surface area contributed by atoms with Crippen molar-refractivity contribution >= 4 is 21.9 Å². The van der Waals surface area contributed by atoms with Gasteiger partial charge in [-0.25, -0.2) is 4.98 Å². The Morgan fingerprint density at radius 3 is 2.25 bits per heavy atom. The van der Waals surface area contributed by atoms with E-state index in [4.69, 9.17) is 4.98 Å². The van der Waals surface area contributed by atoms with Crippen LogP contribution in [0.4, 0.5) is 0 Å². The van der Waals surface area contributed by atoms with Crippen LogP contribution in [0.25, 0.3) is 33.2 Å². The van der Waals surface area contributed by atoms with Gasteiger partial charge in [0.05, 0.1) is 28.8 Å². The Hall–Kier alpha value is -3.79. The summed E-state index contributed by atoms with van der Waals surface area (Å²) in [6.45, 7) is 0.395. The van der Waals surface area contributed by atoms with Gasteiger partial charge in [0.15, 0.2) is 0 Å². The molecule has 0 aliphatic heterocycles. The number of para-hydroxylation sites is 3. The van der Waals surface area contributed by atoms with Gasteiger partial charge in [0.25, 0.3) is 5.56 Å². The first-order chi connectivity index (χ1) is 13.8. The van der Waals surface area contributed by atoms with E-state index >= 15 is 0 Å². The van der Waals surface area contributed by atoms with Crippen LogP contribution in [0.15, 0.2) is 95.8 Å². The van der Waals surface area contributed by atoms with E-state index < -0.39 is 0 Å². The molecule has 5 aromatic rings. The molecular formula is C24H17N3O. The predicted octanol–water partition coefficient (Wildman–Crippen LogP) is 4.66. The normalized spacial score (nSPS) is 11.1. The van der Waals surface area contributed by atoms with Gasteiger partial charge in [-0.05, 0) is 24.3 Å². The summed E-state index contributed by atoms with van der Waals surface area (Å²) < 4.78 is 1.77. The minimum absolute atomic E-state index is 0.111. The van der Waals surface area contributed by atoms with Gasteiger partial charge in [0.1, 0.15) is 5.69 Å². The molecule has 28 heavy (non-hydrogen) atoms. The van der Waals surface area contributed by atoms with E-state index in [1.165, 1.54) is 0 Å². The molecule has 0 radical (unpaired) electrons. The average Bonchev–Trinajstić information content (AvgIpc) is 2.76. The zero-order chi connectivity index (χ0) is 18.9. The maximum atomic E-state index is 13.3. The van der Waals surface area contributed by atoms with Crippen molar-refractivity contribution in [3.05, 3.63) is 107 Å². The first kappa shape index (κ1) is 16.4. The lowest BCUT2D eigenvalue weighted by Crippen LogP contribution is -2.24. The van der Waals surface area contributed by atoms with Gasteiger partial charge in [-0.3, -0.25) is 14.3 Å². The summed E-state index contributed by atoms with van der Waals surface area (Å²) in [6.07, 6.45) is 0. The number of fused-ring (bicyclic) bond motifs is 2. The van der Waals surface area contributed by atoms with Crippen LogP contribution in [0.2, 0.25) is 0 Å². The SMILES string of the molecule is O=c1c(-c2ccccc2)nc2ccccc2n1Cc1ccc2ccccc2n1. The summed E-state index contributed by atoms with van der Waals surface area (Å²) in [7, 11) is 0. The lowest BCUT2D eigenvalue weighted by Gasteiger charge is -2.12. The highest BCUT2D eigenvalue weighted by Gasteiger charge is 2.13. The molecule has 0 unspecified atom stereocenters. The fourth-order valence-electron chi connectivity index (χ4n) is 3.49. The third-order valence-electron chi connectivity index (χ3n) is 4.88. The van der Waals surface area contributed by atoms with E-state index in [0.717, 1.165) is 33.2 Å². The minimum Gasteiger partial charge on any atom is -0.299 e. The molecule has 4 heteroatoms. The molecule has 0 N–H and O–H groups in total. The first-order valence-electron chi connectivity index (χ1n) is 9.19. The Kier molecular flexibility index (Phi) is 3.95. The molecule has 0 aliphatic rings. The van der Waals surface area contributed by atoms with Crippen LogP contribution < -0.4 is 5.56 Å². The maximum Gasteiger partial charge on any atom is 0.277 e. The zero-order valence-electron chi connectivity index (χ0n) is 15.1. The van der Waals surface area contributed by atoms with Crippen LogP contribution in [-0.2, 0) is 6.54 Å². The Bertz CT molecular complexity index is 1360. The molecule has 0 saturated carbocycles. The van der Waals surface area contributed by atoms with Crippen LogP contribution in [0.3, 0.4) is 0 Å². The standard InChI is InChI=1S/C24H17N3O/c28-24-23(18-9-2-1-3-10-18)26-21-12-6-7-13-22(21)27(24)16-19-15-14-17-8-4-5-11-20(17)25-19/h1-15H,16H2. The second-order valence-electron chi connectivity index (χ2n) is 6.70. The summed E-state index contributed by atoms with van der Waals surface area (Å²) >= 11 is 0. The summed E-state index contributed by atoms with van der Waals surface area (Å²) in [5, 5.41) is 1.09. The number of nitrogens with zero attached hydrogens (tertiary/aromatic N) is 3. The molecule has 0 amide bonds. The van der Waals surface area contributed by atoms with Crippen molar-refractivity contribution in [1.29, 1.82) is 0 Å². The largest absolute Gasteiger partial charge is 0.299 e. The minimum atomic E-state index is -0.111. The molecule has 0 atom stereocenters. The van der Waals surface area contributed by atoms with Crippen LogP contribution in [0, 0.1) is 0 Å². The zero-order valence-corrected chi connectivity index (χ0v) is 15.1. The van der Waals surface area contributed by atoms with E-state index in [9.17, 15) is 4.79 Å². The molecule has 134 valence electrons. The van der Waals surface area contributed by atoms with Gasteiger partial charge in [-0.2, -0.15) is 0 Å². The Balaban J connectivity index is 1.71. The molecule has 5 rings (SSSR count). The summed E-state index contributed by atoms with van der Waals surface area (Å²) in [4.78, 5) is 22.7. The predicted molar refractivity (Wildman–Crippen MR) is 112 cm³/mol. The fraction of sp³-hybridized carbons (Fsp3) is 0.0417. The number of hydrogen-bond donors (Lipinski definition) is 0. The van der Waals surface area contributed by atoms with Gasteiger partial charge < -0.3 is 0 Å². The van der Waals surface area contributed by atoms with Crippen molar-refractivity contribution < 1.29 is 0 Å². The number of pyridine rings is 1. The highest BCUT2D eigenvalue weighted by molar-refractivity contribution is 5.79. The van der Waals surface area contributed by atoms with Crippen molar-refractivity contribution in [2.75, 3.05) is 0 Å². The molecule has 2 heterocycles. The Morgan fingerprint density at radius 2 is 1.39 bits per heavy atom. The van der Waals surface area contributed by atoms with Gasteiger partial charge in [-0.1, -0.05) is 66.7 Å². The quantitative estimate of drug-likeness (QED) is 0.468. The van der Waals surface area contributed by atoms with Gasteiger partial charge in [0, 0.05) is 10.9 Å². The molecule has 2 aromatic heterocycles. The van der Waals surface area contributed by atoms with E-state index in [1.807, 2.05) is 91.0 Å². The van der Waals surface area contributed by atoms with Crippen LogP contribution in [-0.4, -0.2) is 14.5 Å². The van der Waals surface area contributed by atoms with Crippen molar-refractivity contribution in [2.45, 2.75) is 6.54 Å². The van der Waals surface area contributed by atoms with Crippen molar-refractivity contribution in [2.24, 2.45) is 0 Å². The van der Waals surface area contributed by atoms with Crippen LogP contribution >= 0.6 is 0 Å². The van der Waals surface area contributed by atoms with Crippen molar-refractivity contribution in [3.63, 3.8) is 0 Å². The second kappa shape index (κ2) is 6.74. The highest BCUT2D eigenvalue weighted by Crippen LogP contribution is 2.19. The fourth-order valence-corrected chi connectivity index (χ4v) is 3.49. The first-order valence-corrected chi connectivity index (χ1v) is 9.19. The van der Waals surface area contributed by atoms with E-state index in [2.05, 4.69) is 4.98 Å². The van der Waals surface area contributed by atoms with Gasteiger partial charge >= 0.3 is 0 Å². The molecule has 0 spiro atoms. The number of benzene rings is 3. The monoisotopic (exact) mass is 363 g/mol. The summed E-state index contributed by atoms with van der Waals surface area (Å²) in [5.74, 6) is 0. The van der Waals surface area contributed by atoms with E-state index in [1.54, 1.807) is 4.57 Å². The van der Waals surface area contributed by atoms with Crippen molar-refractivity contribution in [1.82, 2.24) is 14.5 Å². The van der Waals surface area contributed by atoms with Crippen LogP contribution in [0.1, 0.15) is 5.69 Å². The molecule has 0 saturated heterocycles. The van der Waals surface area contributed by atoms with Crippen molar-refractivity contribution in [3.8, 4) is 11.3 Å². The van der Waals surface area contributed by atoms with E-state index in [0.29, 0.717) is 12.2 Å². The maximum absolute atomic E-state index is 13.3. The smallest absolute Gasteiger partial charge is 0.277 e. The number of aromatic nitrogens is 3. The van der Waals surface area contributed by atoms with Gasteiger partial charge in [-0.15, -0.1) is 0 Å². The Labute approximate surface area is 161 Å². The molecule has 4 nitrogen and oxygen atoms in total. The summed E-state index contributed by atoms with van der Waals surface area (Å²) in [5.41, 5.74) is 4.54. The lowest BCUT2D eigenvalue weighted by atomic mass is 10.1. The molecule has 0 fully saturated rings.